The highest BCUT2D eigenvalue weighted by molar-refractivity contribution is 5.99. The maximum atomic E-state index is 12.9. The van der Waals surface area contributed by atoms with Crippen LogP contribution >= 0.6 is 0 Å². The van der Waals surface area contributed by atoms with Gasteiger partial charge in [0, 0.05) is 12.7 Å². The first-order valence-corrected chi connectivity index (χ1v) is 7.50. The Labute approximate surface area is 122 Å². The van der Waals surface area contributed by atoms with Crippen LogP contribution in [0.5, 0.6) is 0 Å². The Hall–Kier alpha value is -1.95. The number of carbonyl (C=O) groups excluding carboxylic acids is 1. The first-order chi connectivity index (χ1) is 10.3. The fourth-order valence-electron chi connectivity index (χ4n) is 3.03. The zero-order valence-electron chi connectivity index (χ0n) is 11.8. The van der Waals surface area contributed by atoms with Crippen LogP contribution in [0.25, 0.3) is 5.65 Å². The number of carbonyl (C=O) groups is 1. The Morgan fingerprint density at radius 1 is 1.43 bits per heavy atom. The second kappa shape index (κ2) is 5.11. The molecule has 1 aliphatic heterocycles. The van der Waals surface area contributed by atoms with E-state index in [-0.39, 0.29) is 11.9 Å². The van der Waals surface area contributed by atoms with Gasteiger partial charge in [0.1, 0.15) is 6.33 Å². The molecular weight excluding hydrogens is 268 g/mol. The summed E-state index contributed by atoms with van der Waals surface area (Å²) >= 11 is 0. The van der Waals surface area contributed by atoms with E-state index in [1.165, 1.54) is 12.8 Å². The highest BCUT2D eigenvalue weighted by atomic mass is 16.5. The molecule has 21 heavy (non-hydrogen) atoms. The third-order valence-electron chi connectivity index (χ3n) is 4.34. The van der Waals surface area contributed by atoms with Gasteiger partial charge in [0.15, 0.2) is 5.65 Å². The largest absolute Gasteiger partial charge is 0.377 e. The van der Waals surface area contributed by atoms with Gasteiger partial charge >= 0.3 is 0 Å². The minimum absolute atomic E-state index is 0.0440. The van der Waals surface area contributed by atoms with Crippen molar-refractivity contribution in [2.45, 2.75) is 25.3 Å². The van der Waals surface area contributed by atoms with Crippen molar-refractivity contribution in [2.24, 2.45) is 5.92 Å². The van der Waals surface area contributed by atoms with Crippen molar-refractivity contribution in [3.8, 4) is 0 Å². The van der Waals surface area contributed by atoms with E-state index in [9.17, 15) is 4.79 Å². The molecule has 1 saturated heterocycles. The Balaban J connectivity index is 1.63. The molecule has 1 saturated carbocycles. The molecule has 1 unspecified atom stereocenters. The summed E-state index contributed by atoms with van der Waals surface area (Å²) < 4.78 is 7.35. The number of pyridine rings is 1. The second-order valence-electron chi connectivity index (χ2n) is 5.89. The molecule has 110 valence electrons. The number of hydrogen-bond donors (Lipinski definition) is 0. The van der Waals surface area contributed by atoms with Crippen molar-refractivity contribution >= 4 is 11.6 Å². The fourth-order valence-corrected chi connectivity index (χ4v) is 3.03. The summed E-state index contributed by atoms with van der Waals surface area (Å²) in [6, 6.07) is 3.89. The topological polar surface area (TPSA) is 59.7 Å². The van der Waals surface area contributed by atoms with Crippen molar-refractivity contribution < 1.29 is 9.53 Å². The normalized spacial score (nSPS) is 22.7. The van der Waals surface area contributed by atoms with Crippen LogP contribution < -0.4 is 0 Å². The van der Waals surface area contributed by atoms with Crippen molar-refractivity contribution in [1.29, 1.82) is 0 Å². The van der Waals surface area contributed by atoms with Gasteiger partial charge in [0.25, 0.3) is 5.91 Å². The van der Waals surface area contributed by atoms with Gasteiger partial charge in [-0.25, -0.2) is 0 Å². The minimum atomic E-state index is 0.0440. The average molecular weight is 286 g/mol. The molecule has 0 N–H and O–H groups in total. The number of hydrogen-bond acceptors (Lipinski definition) is 4. The van der Waals surface area contributed by atoms with E-state index in [1.54, 1.807) is 10.7 Å². The molecule has 2 aliphatic rings. The summed E-state index contributed by atoms with van der Waals surface area (Å²) in [6.07, 6.45) is 7.11. The smallest absolute Gasteiger partial charge is 0.258 e. The quantitative estimate of drug-likeness (QED) is 0.855. The zero-order valence-corrected chi connectivity index (χ0v) is 11.8. The van der Waals surface area contributed by atoms with E-state index in [2.05, 4.69) is 10.2 Å². The molecule has 2 aromatic rings. The molecule has 2 aromatic heterocycles. The Bertz CT molecular complexity index is 664. The predicted octanol–water partition coefficient (Wildman–Crippen LogP) is 1.37. The zero-order chi connectivity index (χ0) is 14.2. The van der Waals surface area contributed by atoms with Crippen molar-refractivity contribution in [3.05, 3.63) is 30.2 Å². The van der Waals surface area contributed by atoms with Crippen LogP contribution in [0.2, 0.25) is 0 Å². The molecule has 6 nitrogen and oxygen atoms in total. The third kappa shape index (κ3) is 2.40. The Morgan fingerprint density at radius 3 is 3.19 bits per heavy atom. The lowest BCUT2D eigenvalue weighted by atomic mass is 10.1. The molecule has 6 heteroatoms. The van der Waals surface area contributed by atoms with E-state index < -0.39 is 0 Å². The molecule has 0 aromatic carbocycles. The van der Waals surface area contributed by atoms with Gasteiger partial charge in [0.05, 0.1) is 24.8 Å². The van der Waals surface area contributed by atoms with E-state index in [0.717, 1.165) is 12.3 Å². The van der Waals surface area contributed by atoms with Crippen LogP contribution in [0.3, 0.4) is 0 Å². The Morgan fingerprint density at radius 2 is 2.33 bits per heavy atom. The van der Waals surface area contributed by atoms with Gasteiger partial charge in [-0.1, -0.05) is 12.8 Å². The van der Waals surface area contributed by atoms with Crippen LogP contribution in [0.1, 0.15) is 29.6 Å². The van der Waals surface area contributed by atoms with Gasteiger partial charge in [0.2, 0.25) is 0 Å². The molecule has 0 radical (unpaired) electrons. The van der Waals surface area contributed by atoms with E-state index in [1.807, 2.05) is 23.2 Å². The number of ether oxygens (including phenoxy) is 1. The summed E-state index contributed by atoms with van der Waals surface area (Å²) in [5.74, 6) is 0.818. The first kappa shape index (κ1) is 12.8. The summed E-state index contributed by atoms with van der Waals surface area (Å²) in [5, 5.41) is 7.95. The fraction of sp³-hybridized carbons (Fsp3) is 0.533. The monoisotopic (exact) mass is 286 g/mol. The number of aromatic nitrogens is 3. The molecule has 1 amide bonds. The number of morpholine rings is 1. The van der Waals surface area contributed by atoms with Gasteiger partial charge in [-0.15, -0.1) is 10.2 Å². The van der Waals surface area contributed by atoms with Gasteiger partial charge in [-0.05, 0) is 24.5 Å². The summed E-state index contributed by atoms with van der Waals surface area (Å²) in [6.45, 7) is 1.92. The SMILES string of the molecule is O=C(c1cccn2cnnc12)N1CCOCC1CC1CC1. The van der Waals surface area contributed by atoms with Crippen LogP contribution in [-0.2, 0) is 4.74 Å². The van der Waals surface area contributed by atoms with Crippen LogP contribution in [0.4, 0.5) is 0 Å². The second-order valence-corrected chi connectivity index (χ2v) is 5.89. The molecule has 2 fully saturated rings. The maximum absolute atomic E-state index is 12.9. The number of rotatable bonds is 3. The number of amides is 1. The van der Waals surface area contributed by atoms with E-state index in [0.29, 0.717) is 31.0 Å². The molecular formula is C15H18N4O2. The minimum Gasteiger partial charge on any atom is -0.377 e. The summed E-state index contributed by atoms with van der Waals surface area (Å²) in [5.41, 5.74) is 1.25. The lowest BCUT2D eigenvalue weighted by Crippen LogP contribution is -2.49. The molecule has 3 heterocycles. The first-order valence-electron chi connectivity index (χ1n) is 7.50. The van der Waals surface area contributed by atoms with Gasteiger partial charge in [-0.2, -0.15) is 0 Å². The van der Waals surface area contributed by atoms with E-state index in [4.69, 9.17) is 4.74 Å². The van der Waals surface area contributed by atoms with E-state index >= 15 is 0 Å². The third-order valence-corrected chi connectivity index (χ3v) is 4.34. The molecule has 1 aliphatic carbocycles. The lowest BCUT2D eigenvalue weighted by molar-refractivity contribution is -0.00562. The summed E-state index contributed by atoms with van der Waals surface area (Å²) in [4.78, 5) is 14.9. The highest BCUT2D eigenvalue weighted by Gasteiger charge is 2.34. The molecule has 4 rings (SSSR count). The Kier molecular flexibility index (Phi) is 3.11. The van der Waals surface area contributed by atoms with Crippen molar-refractivity contribution in [2.75, 3.05) is 19.8 Å². The standard InChI is InChI=1S/C15H18N4O2/c20-15(13-2-1-5-18-10-16-17-14(13)18)19-6-7-21-9-12(19)8-11-3-4-11/h1-2,5,10-12H,3-4,6-9H2. The predicted molar refractivity (Wildman–Crippen MR) is 76.0 cm³/mol. The van der Waals surface area contributed by atoms with Crippen molar-refractivity contribution in [1.82, 2.24) is 19.5 Å². The maximum Gasteiger partial charge on any atom is 0.258 e. The lowest BCUT2D eigenvalue weighted by Gasteiger charge is -2.35. The molecule has 0 bridgehead atoms. The van der Waals surface area contributed by atoms with Crippen LogP contribution in [0, 0.1) is 5.92 Å². The average Bonchev–Trinajstić information content (AvgIpc) is 3.20. The van der Waals surface area contributed by atoms with Gasteiger partial charge < -0.3 is 9.64 Å². The van der Waals surface area contributed by atoms with Gasteiger partial charge in [-0.3, -0.25) is 9.20 Å². The highest BCUT2D eigenvalue weighted by Crippen LogP contribution is 2.35. The number of nitrogens with zero attached hydrogens (tertiary/aromatic N) is 4. The van der Waals surface area contributed by atoms with Crippen LogP contribution in [-0.4, -0.2) is 51.2 Å². The molecule has 0 spiro atoms. The summed E-state index contributed by atoms with van der Waals surface area (Å²) in [7, 11) is 0. The number of fused-ring (bicyclic) bond motifs is 1. The van der Waals surface area contributed by atoms with Crippen LogP contribution in [0.15, 0.2) is 24.7 Å². The molecule has 1 atom stereocenters. The van der Waals surface area contributed by atoms with Crippen molar-refractivity contribution in [3.63, 3.8) is 0 Å².